The second-order valence-electron chi connectivity index (χ2n) is 3.74. The van der Waals surface area contributed by atoms with Crippen LogP contribution >= 0.6 is 11.3 Å². The number of rotatable bonds is 2. The number of hydrogen-bond acceptors (Lipinski definition) is 1. The van der Waals surface area contributed by atoms with Gasteiger partial charge in [-0.3, -0.25) is 0 Å². The van der Waals surface area contributed by atoms with Gasteiger partial charge in [-0.05, 0) is 48.1 Å². The predicted octanol–water partition coefficient (Wildman–Crippen LogP) is 3.75. The standard InChI is InChI=1S/C11H16S/c1-3-11(4-2)7-5-10-9(11)6-8-12-10/h6,8H,3-5,7H2,1-2H3. The third-order valence-corrected chi connectivity index (χ3v) is 4.48. The van der Waals surface area contributed by atoms with Crippen molar-refractivity contribution in [3.8, 4) is 0 Å². The van der Waals surface area contributed by atoms with Gasteiger partial charge in [0.2, 0.25) is 0 Å². The number of fused-ring (bicyclic) bond motifs is 1. The molecule has 12 heavy (non-hydrogen) atoms. The molecule has 0 saturated carbocycles. The fourth-order valence-electron chi connectivity index (χ4n) is 2.48. The van der Waals surface area contributed by atoms with Gasteiger partial charge in [0, 0.05) is 4.88 Å². The summed E-state index contributed by atoms with van der Waals surface area (Å²) in [6.07, 6.45) is 5.34. The van der Waals surface area contributed by atoms with Crippen molar-refractivity contribution in [3.05, 3.63) is 21.9 Å². The van der Waals surface area contributed by atoms with Crippen LogP contribution in [0.2, 0.25) is 0 Å². The summed E-state index contributed by atoms with van der Waals surface area (Å²) in [4.78, 5) is 1.65. The first-order valence-corrected chi connectivity index (χ1v) is 5.77. The number of hydrogen-bond donors (Lipinski definition) is 0. The van der Waals surface area contributed by atoms with E-state index in [0.29, 0.717) is 5.41 Å². The first kappa shape index (κ1) is 8.31. The van der Waals surface area contributed by atoms with Gasteiger partial charge in [0.25, 0.3) is 0 Å². The average Bonchev–Trinajstić information content (AvgIpc) is 2.64. The van der Waals surface area contributed by atoms with Crippen molar-refractivity contribution in [1.82, 2.24) is 0 Å². The quantitative estimate of drug-likeness (QED) is 0.650. The molecule has 1 aromatic heterocycles. The predicted molar refractivity (Wildman–Crippen MR) is 54.9 cm³/mol. The Morgan fingerprint density at radius 1 is 1.42 bits per heavy atom. The zero-order valence-corrected chi connectivity index (χ0v) is 8.71. The van der Waals surface area contributed by atoms with Crippen molar-refractivity contribution in [3.63, 3.8) is 0 Å². The van der Waals surface area contributed by atoms with Crippen LogP contribution in [0.25, 0.3) is 0 Å². The van der Waals surface area contributed by atoms with Crippen LogP contribution in [0.15, 0.2) is 11.4 Å². The second kappa shape index (κ2) is 2.88. The molecule has 0 nitrogen and oxygen atoms in total. The monoisotopic (exact) mass is 180 g/mol. The molecule has 0 radical (unpaired) electrons. The molecule has 0 unspecified atom stereocenters. The van der Waals surface area contributed by atoms with Gasteiger partial charge in [-0.25, -0.2) is 0 Å². The highest BCUT2D eigenvalue weighted by atomic mass is 32.1. The molecule has 0 fully saturated rings. The summed E-state index contributed by atoms with van der Waals surface area (Å²) in [5, 5.41) is 2.25. The number of thiophene rings is 1. The van der Waals surface area contributed by atoms with Crippen LogP contribution in [0.4, 0.5) is 0 Å². The van der Waals surface area contributed by atoms with Gasteiger partial charge in [0.15, 0.2) is 0 Å². The van der Waals surface area contributed by atoms with Gasteiger partial charge in [-0.1, -0.05) is 13.8 Å². The molecule has 0 N–H and O–H groups in total. The minimum atomic E-state index is 0.551. The van der Waals surface area contributed by atoms with Crippen LogP contribution < -0.4 is 0 Å². The van der Waals surface area contributed by atoms with E-state index < -0.39 is 0 Å². The summed E-state index contributed by atoms with van der Waals surface area (Å²) in [6.45, 7) is 4.66. The molecule has 0 atom stereocenters. The summed E-state index contributed by atoms with van der Waals surface area (Å²) in [5.74, 6) is 0. The summed E-state index contributed by atoms with van der Waals surface area (Å²) < 4.78 is 0. The Morgan fingerprint density at radius 3 is 2.83 bits per heavy atom. The van der Waals surface area contributed by atoms with E-state index in [1.165, 1.54) is 25.7 Å². The Labute approximate surface area is 78.6 Å². The van der Waals surface area contributed by atoms with E-state index in [1.54, 1.807) is 10.4 Å². The first-order valence-electron chi connectivity index (χ1n) is 4.89. The zero-order chi connectivity index (χ0) is 8.60. The van der Waals surface area contributed by atoms with E-state index in [9.17, 15) is 0 Å². The van der Waals surface area contributed by atoms with Crippen molar-refractivity contribution in [2.24, 2.45) is 0 Å². The molecule has 0 saturated heterocycles. The third-order valence-electron chi connectivity index (χ3n) is 3.50. The van der Waals surface area contributed by atoms with Crippen LogP contribution in [0, 0.1) is 0 Å². The lowest BCUT2D eigenvalue weighted by atomic mass is 9.78. The molecule has 1 aromatic rings. The van der Waals surface area contributed by atoms with Crippen LogP contribution in [0.3, 0.4) is 0 Å². The molecule has 0 bridgehead atoms. The Morgan fingerprint density at radius 2 is 2.17 bits per heavy atom. The van der Waals surface area contributed by atoms with Crippen LogP contribution in [0.1, 0.15) is 43.6 Å². The molecule has 1 heterocycles. The molecule has 0 spiro atoms. The lowest BCUT2D eigenvalue weighted by molar-refractivity contribution is 0.394. The highest BCUT2D eigenvalue weighted by Gasteiger charge is 2.35. The molecule has 0 amide bonds. The van der Waals surface area contributed by atoms with E-state index in [-0.39, 0.29) is 0 Å². The SMILES string of the molecule is CCC1(CC)CCc2sccc21. The van der Waals surface area contributed by atoms with Gasteiger partial charge in [-0.15, -0.1) is 11.3 Å². The molecule has 0 aliphatic heterocycles. The van der Waals surface area contributed by atoms with Crippen LogP contribution in [0.5, 0.6) is 0 Å². The highest BCUT2D eigenvalue weighted by molar-refractivity contribution is 7.10. The van der Waals surface area contributed by atoms with E-state index >= 15 is 0 Å². The fraction of sp³-hybridized carbons (Fsp3) is 0.636. The maximum Gasteiger partial charge on any atom is 0.00831 e. The highest BCUT2D eigenvalue weighted by Crippen LogP contribution is 2.45. The molecule has 2 rings (SSSR count). The first-order chi connectivity index (χ1) is 5.82. The average molecular weight is 180 g/mol. The normalized spacial score (nSPS) is 19.5. The van der Waals surface area contributed by atoms with E-state index in [4.69, 9.17) is 0 Å². The second-order valence-corrected chi connectivity index (χ2v) is 4.75. The van der Waals surface area contributed by atoms with Gasteiger partial charge >= 0.3 is 0 Å². The van der Waals surface area contributed by atoms with E-state index in [0.717, 1.165) is 0 Å². The Bertz CT molecular complexity index is 268. The molecule has 1 aliphatic rings. The molecule has 0 aromatic carbocycles. The summed E-state index contributed by atoms with van der Waals surface area (Å²) >= 11 is 1.95. The summed E-state index contributed by atoms with van der Waals surface area (Å²) in [7, 11) is 0. The fourth-order valence-corrected chi connectivity index (χ4v) is 3.48. The zero-order valence-electron chi connectivity index (χ0n) is 7.89. The van der Waals surface area contributed by atoms with Crippen molar-refractivity contribution in [1.29, 1.82) is 0 Å². The van der Waals surface area contributed by atoms with Gasteiger partial charge in [0.1, 0.15) is 0 Å². The van der Waals surface area contributed by atoms with Crippen LogP contribution in [-0.4, -0.2) is 0 Å². The van der Waals surface area contributed by atoms with Crippen LogP contribution in [-0.2, 0) is 11.8 Å². The molecular formula is C11H16S. The minimum Gasteiger partial charge on any atom is -0.149 e. The maximum atomic E-state index is 2.35. The smallest absolute Gasteiger partial charge is 0.00831 e. The summed E-state index contributed by atoms with van der Waals surface area (Å²) in [5.41, 5.74) is 2.22. The van der Waals surface area contributed by atoms with Crippen molar-refractivity contribution >= 4 is 11.3 Å². The molecule has 1 aliphatic carbocycles. The molecule has 1 heteroatoms. The Balaban J connectivity index is 2.42. The Hall–Kier alpha value is -0.300. The van der Waals surface area contributed by atoms with Gasteiger partial charge in [-0.2, -0.15) is 0 Å². The Kier molecular flexibility index (Phi) is 1.99. The van der Waals surface area contributed by atoms with Crippen molar-refractivity contribution < 1.29 is 0 Å². The molecular weight excluding hydrogens is 164 g/mol. The van der Waals surface area contributed by atoms with E-state index in [2.05, 4.69) is 25.3 Å². The summed E-state index contributed by atoms with van der Waals surface area (Å²) in [6, 6.07) is 2.35. The maximum absolute atomic E-state index is 2.35. The molecule has 66 valence electrons. The number of aryl methyl sites for hydroxylation is 1. The van der Waals surface area contributed by atoms with Crippen molar-refractivity contribution in [2.45, 2.75) is 44.9 Å². The minimum absolute atomic E-state index is 0.551. The lowest BCUT2D eigenvalue weighted by Crippen LogP contribution is -2.19. The van der Waals surface area contributed by atoms with Gasteiger partial charge < -0.3 is 0 Å². The van der Waals surface area contributed by atoms with Gasteiger partial charge in [0.05, 0.1) is 0 Å². The third kappa shape index (κ3) is 0.957. The topological polar surface area (TPSA) is 0 Å². The van der Waals surface area contributed by atoms with Crippen molar-refractivity contribution in [2.75, 3.05) is 0 Å². The van der Waals surface area contributed by atoms with E-state index in [1.807, 2.05) is 11.3 Å². The lowest BCUT2D eigenvalue weighted by Gasteiger charge is -2.26. The largest absolute Gasteiger partial charge is 0.149 e.